The maximum atomic E-state index is 12.7. The molecule has 0 spiro atoms. The lowest BCUT2D eigenvalue weighted by atomic mass is 10.2. The molecule has 0 fully saturated rings. The second kappa shape index (κ2) is 11.7. The Morgan fingerprint density at radius 2 is 1.68 bits per heavy atom. The van der Waals surface area contributed by atoms with Gasteiger partial charge in [0, 0.05) is 50.7 Å². The van der Waals surface area contributed by atoms with Gasteiger partial charge in [-0.3, -0.25) is 9.59 Å². The van der Waals surface area contributed by atoms with E-state index in [9.17, 15) is 18.0 Å². The van der Waals surface area contributed by atoms with Gasteiger partial charge in [-0.1, -0.05) is 32.0 Å². The molecule has 0 saturated heterocycles. The molecule has 8 nitrogen and oxygen atoms in total. The number of aromatic nitrogens is 1. The number of amides is 1. The lowest BCUT2D eigenvalue weighted by molar-refractivity contribution is -0.121. The SMILES string of the molecule is CCN(CCCNC(=O)Cn1cc(S(=O)(=O)N(CC)CC)ccc1=O)c1ccccc1. The van der Waals surface area contributed by atoms with Crippen LogP contribution in [0.1, 0.15) is 27.2 Å². The normalized spacial score (nSPS) is 11.5. The molecule has 0 aliphatic carbocycles. The zero-order valence-corrected chi connectivity index (χ0v) is 19.3. The van der Waals surface area contributed by atoms with Gasteiger partial charge in [-0.05, 0) is 31.5 Å². The highest BCUT2D eigenvalue weighted by Gasteiger charge is 2.22. The standard InChI is InChI=1S/C22H32N4O4S/c1-4-24(19-11-8-7-9-12-19)16-10-15-23-21(27)18-25-17-20(13-14-22(25)28)31(29,30)26(5-2)6-3/h7-9,11-14,17H,4-6,10,15-16,18H2,1-3H3,(H,23,27). The Morgan fingerprint density at radius 3 is 2.29 bits per heavy atom. The van der Waals surface area contributed by atoms with E-state index in [2.05, 4.69) is 17.1 Å². The van der Waals surface area contributed by atoms with Crippen LogP contribution in [0.25, 0.3) is 0 Å². The monoisotopic (exact) mass is 448 g/mol. The molecule has 0 aliphatic rings. The summed E-state index contributed by atoms with van der Waals surface area (Å²) in [7, 11) is -3.70. The van der Waals surface area contributed by atoms with Gasteiger partial charge in [0.2, 0.25) is 15.9 Å². The van der Waals surface area contributed by atoms with Crippen LogP contribution in [0.5, 0.6) is 0 Å². The largest absolute Gasteiger partial charge is 0.372 e. The van der Waals surface area contributed by atoms with E-state index in [-0.39, 0.29) is 17.3 Å². The van der Waals surface area contributed by atoms with E-state index in [1.165, 1.54) is 22.6 Å². The molecule has 0 aliphatic heterocycles. The van der Waals surface area contributed by atoms with Gasteiger partial charge < -0.3 is 14.8 Å². The zero-order valence-electron chi connectivity index (χ0n) is 18.5. The Balaban J connectivity index is 1.94. The number of rotatable bonds is 12. The van der Waals surface area contributed by atoms with Gasteiger partial charge in [0.25, 0.3) is 5.56 Å². The van der Waals surface area contributed by atoms with Gasteiger partial charge in [0.15, 0.2) is 0 Å². The average Bonchev–Trinajstić information content (AvgIpc) is 2.76. The van der Waals surface area contributed by atoms with Gasteiger partial charge in [0.1, 0.15) is 6.54 Å². The number of benzene rings is 1. The number of nitrogens with one attached hydrogen (secondary N) is 1. The third-order valence-electron chi connectivity index (χ3n) is 5.04. The third kappa shape index (κ3) is 6.67. The van der Waals surface area contributed by atoms with Crippen molar-refractivity contribution in [3.05, 3.63) is 59.0 Å². The molecule has 1 aromatic carbocycles. The van der Waals surface area contributed by atoms with Crippen molar-refractivity contribution < 1.29 is 13.2 Å². The quantitative estimate of drug-likeness (QED) is 0.501. The fraction of sp³-hybridized carbons (Fsp3) is 0.455. The smallest absolute Gasteiger partial charge is 0.251 e. The van der Waals surface area contributed by atoms with E-state index < -0.39 is 15.6 Å². The lowest BCUT2D eigenvalue weighted by Crippen LogP contribution is -2.35. The average molecular weight is 449 g/mol. The number of hydrogen-bond donors (Lipinski definition) is 1. The van der Waals surface area contributed by atoms with Crippen LogP contribution in [0.2, 0.25) is 0 Å². The van der Waals surface area contributed by atoms with Crippen molar-refractivity contribution in [2.45, 2.75) is 38.6 Å². The first-order valence-corrected chi connectivity index (χ1v) is 12.0. The summed E-state index contributed by atoms with van der Waals surface area (Å²) in [6.07, 6.45) is 1.99. The van der Waals surface area contributed by atoms with Crippen molar-refractivity contribution in [2.75, 3.05) is 37.6 Å². The Labute approximate surface area is 184 Å². The highest BCUT2D eigenvalue weighted by Crippen LogP contribution is 2.14. The van der Waals surface area contributed by atoms with Crippen LogP contribution in [-0.4, -0.2) is 55.9 Å². The molecule has 0 saturated carbocycles. The predicted molar refractivity (Wildman–Crippen MR) is 123 cm³/mol. The first kappa shape index (κ1) is 24.6. The van der Waals surface area contributed by atoms with Crippen LogP contribution in [0.15, 0.2) is 58.4 Å². The summed E-state index contributed by atoms with van der Waals surface area (Å²) >= 11 is 0. The number of hydrogen-bond acceptors (Lipinski definition) is 5. The first-order chi connectivity index (χ1) is 14.8. The second-order valence-electron chi connectivity index (χ2n) is 7.04. The van der Waals surface area contributed by atoms with E-state index in [4.69, 9.17) is 0 Å². The molecule has 2 rings (SSSR count). The summed E-state index contributed by atoms with van der Waals surface area (Å²) in [6.45, 7) is 8.14. The highest BCUT2D eigenvalue weighted by molar-refractivity contribution is 7.89. The Hall–Kier alpha value is -2.65. The molecule has 1 N–H and O–H groups in total. The molecule has 0 bridgehead atoms. The predicted octanol–water partition coefficient (Wildman–Crippen LogP) is 1.91. The van der Waals surface area contributed by atoms with E-state index in [0.29, 0.717) is 19.6 Å². The molecule has 9 heteroatoms. The summed E-state index contributed by atoms with van der Waals surface area (Å²) in [5.41, 5.74) is 0.712. The molecule has 1 aromatic heterocycles. The number of sulfonamides is 1. The maximum absolute atomic E-state index is 12.7. The van der Waals surface area contributed by atoms with E-state index in [1.54, 1.807) is 13.8 Å². The molecular formula is C22H32N4O4S. The Bertz CT molecular complexity index is 1000. The molecule has 2 aromatic rings. The van der Waals surface area contributed by atoms with Gasteiger partial charge in [-0.25, -0.2) is 8.42 Å². The van der Waals surface area contributed by atoms with Crippen LogP contribution in [0.3, 0.4) is 0 Å². The van der Waals surface area contributed by atoms with Gasteiger partial charge in [0.05, 0.1) is 4.90 Å². The first-order valence-electron chi connectivity index (χ1n) is 10.6. The second-order valence-corrected chi connectivity index (χ2v) is 8.98. The van der Waals surface area contributed by atoms with Crippen molar-refractivity contribution in [1.82, 2.24) is 14.2 Å². The van der Waals surface area contributed by atoms with Crippen LogP contribution in [0, 0.1) is 0 Å². The minimum Gasteiger partial charge on any atom is -0.372 e. The number of carbonyl (C=O) groups is 1. The summed E-state index contributed by atoms with van der Waals surface area (Å²) in [6, 6.07) is 12.5. The fourth-order valence-electron chi connectivity index (χ4n) is 3.32. The van der Waals surface area contributed by atoms with E-state index in [1.807, 2.05) is 30.3 Å². The number of carbonyl (C=O) groups excluding carboxylic acids is 1. The van der Waals surface area contributed by atoms with E-state index >= 15 is 0 Å². The Kier molecular flexibility index (Phi) is 9.26. The number of para-hydroxylation sites is 1. The minimum absolute atomic E-state index is 0.00467. The molecular weight excluding hydrogens is 416 g/mol. The third-order valence-corrected chi connectivity index (χ3v) is 7.08. The number of pyridine rings is 1. The van der Waals surface area contributed by atoms with Crippen LogP contribution in [-0.2, 0) is 21.4 Å². The lowest BCUT2D eigenvalue weighted by Gasteiger charge is -2.23. The van der Waals surface area contributed by atoms with Crippen molar-refractivity contribution in [2.24, 2.45) is 0 Å². The van der Waals surface area contributed by atoms with Crippen molar-refractivity contribution in [3.63, 3.8) is 0 Å². The summed E-state index contributed by atoms with van der Waals surface area (Å²) in [4.78, 5) is 26.7. The van der Waals surface area contributed by atoms with Crippen molar-refractivity contribution >= 4 is 21.6 Å². The van der Waals surface area contributed by atoms with Gasteiger partial charge in [-0.15, -0.1) is 0 Å². The molecule has 0 unspecified atom stereocenters. The summed E-state index contributed by atoms with van der Waals surface area (Å²) in [5.74, 6) is -0.331. The molecule has 0 atom stereocenters. The van der Waals surface area contributed by atoms with Crippen LogP contribution in [0.4, 0.5) is 5.69 Å². The van der Waals surface area contributed by atoms with Gasteiger partial charge >= 0.3 is 0 Å². The van der Waals surface area contributed by atoms with Crippen LogP contribution < -0.4 is 15.8 Å². The number of nitrogens with zero attached hydrogens (tertiary/aromatic N) is 3. The number of anilines is 1. The highest BCUT2D eigenvalue weighted by atomic mass is 32.2. The Morgan fingerprint density at radius 1 is 1.00 bits per heavy atom. The van der Waals surface area contributed by atoms with Crippen molar-refractivity contribution in [1.29, 1.82) is 0 Å². The summed E-state index contributed by atoms with van der Waals surface area (Å²) in [5, 5.41) is 2.81. The van der Waals surface area contributed by atoms with Gasteiger partial charge in [-0.2, -0.15) is 4.31 Å². The molecule has 31 heavy (non-hydrogen) atoms. The topological polar surface area (TPSA) is 91.7 Å². The summed E-state index contributed by atoms with van der Waals surface area (Å²) < 4.78 is 27.8. The molecule has 1 amide bonds. The molecule has 170 valence electrons. The fourth-order valence-corrected chi connectivity index (χ4v) is 4.79. The van der Waals surface area contributed by atoms with Crippen molar-refractivity contribution in [3.8, 4) is 0 Å². The minimum atomic E-state index is -3.70. The molecule has 1 heterocycles. The van der Waals surface area contributed by atoms with E-state index in [0.717, 1.165) is 29.8 Å². The maximum Gasteiger partial charge on any atom is 0.251 e. The molecule has 0 radical (unpaired) electrons. The zero-order chi connectivity index (χ0) is 22.9. The van der Waals surface area contributed by atoms with Crippen LogP contribution >= 0.6 is 0 Å².